The Morgan fingerprint density at radius 3 is 3.00 bits per heavy atom. The van der Waals surface area contributed by atoms with Gasteiger partial charge in [0.25, 0.3) is 0 Å². The van der Waals surface area contributed by atoms with Crippen molar-refractivity contribution < 1.29 is 4.74 Å². The Bertz CT molecular complexity index is 397. The summed E-state index contributed by atoms with van der Waals surface area (Å²) in [6.45, 7) is 3.42. The van der Waals surface area contributed by atoms with Crippen molar-refractivity contribution in [2.45, 2.75) is 39.2 Å². The first-order chi connectivity index (χ1) is 8.69. The summed E-state index contributed by atoms with van der Waals surface area (Å²) in [7, 11) is 0. The van der Waals surface area contributed by atoms with E-state index < -0.39 is 0 Å². The number of ether oxygens (including phenoxy) is 1. The smallest absolute Gasteiger partial charge is 0.213 e. The highest BCUT2D eigenvalue weighted by molar-refractivity contribution is 6.31. The zero-order chi connectivity index (χ0) is 13.0. The van der Waals surface area contributed by atoms with Gasteiger partial charge in [-0.25, -0.2) is 4.98 Å². The molecule has 1 aromatic rings. The first-order valence-electron chi connectivity index (χ1n) is 6.67. The van der Waals surface area contributed by atoms with E-state index in [1.807, 2.05) is 6.07 Å². The SMILES string of the molecule is CC1CCCC(COc2ccc(Cl)c(CN)n2)C1. The molecule has 18 heavy (non-hydrogen) atoms. The molecule has 2 unspecified atom stereocenters. The zero-order valence-corrected chi connectivity index (χ0v) is 11.6. The van der Waals surface area contributed by atoms with Crippen LogP contribution in [0.5, 0.6) is 5.88 Å². The van der Waals surface area contributed by atoms with Gasteiger partial charge in [0, 0.05) is 12.6 Å². The summed E-state index contributed by atoms with van der Waals surface area (Å²) in [5.41, 5.74) is 6.27. The van der Waals surface area contributed by atoms with Crippen LogP contribution < -0.4 is 10.5 Å². The Balaban J connectivity index is 1.89. The Morgan fingerprint density at radius 2 is 2.28 bits per heavy atom. The highest BCUT2D eigenvalue weighted by Crippen LogP contribution is 2.29. The normalized spacial score (nSPS) is 23.9. The Kier molecular flexibility index (Phi) is 4.84. The monoisotopic (exact) mass is 268 g/mol. The fraction of sp³-hybridized carbons (Fsp3) is 0.643. The first kappa shape index (κ1) is 13.6. The van der Waals surface area contributed by atoms with Crippen LogP contribution in [-0.2, 0) is 6.54 Å². The van der Waals surface area contributed by atoms with Crippen molar-refractivity contribution in [2.24, 2.45) is 17.6 Å². The van der Waals surface area contributed by atoms with Gasteiger partial charge in [-0.05, 0) is 30.7 Å². The predicted molar refractivity (Wildman–Crippen MR) is 73.8 cm³/mol. The molecule has 2 N–H and O–H groups in total. The maximum Gasteiger partial charge on any atom is 0.213 e. The minimum Gasteiger partial charge on any atom is -0.477 e. The largest absolute Gasteiger partial charge is 0.477 e. The molecule has 1 aromatic heterocycles. The van der Waals surface area contributed by atoms with E-state index in [0.29, 0.717) is 29.1 Å². The molecule has 0 radical (unpaired) electrons. The molecule has 1 fully saturated rings. The molecule has 0 saturated heterocycles. The molecule has 0 spiro atoms. The van der Waals surface area contributed by atoms with Gasteiger partial charge >= 0.3 is 0 Å². The van der Waals surface area contributed by atoms with Crippen LogP contribution in [0.2, 0.25) is 5.02 Å². The van der Waals surface area contributed by atoms with Gasteiger partial charge in [0.1, 0.15) is 0 Å². The van der Waals surface area contributed by atoms with Gasteiger partial charge in [-0.2, -0.15) is 0 Å². The number of aromatic nitrogens is 1. The third-order valence-corrected chi connectivity index (χ3v) is 3.94. The standard InChI is InChI=1S/C14H21ClN2O/c1-10-3-2-4-11(7-10)9-18-14-6-5-12(15)13(8-16)17-14/h5-6,10-11H,2-4,7-9,16H2,1H3. The summed E-state index contributed by atoms with van der Waals surface area (Å²) in [5, 5.41) is 0.608. The van der Waals surface area contributed by atoms with E-state index in [1.54, 1.807) is 6.07 Å². The van der Waals surface area contributed by atoms with E-state index in [9.17, 15) is 0 Å². The van der Waals surface area contributed by atoms with Gasteiger partial charge in [-0.15, -0.1) is 0 Å². The lowest BCUT2D eigenvalue weighted by Crippen LogP contribution is -2.20. The number of nitrogens with two attached hydrogens (primary N) is 1. The van der Waals surface area contributed by atoms with Crippen molar-refractivity contribution in [2.75, 3.05) is 6.61 Å². The van der Waals surface area contributed by atoms with Crippen molar-refractivity contribution in [3.05, 3.63) is 22.8 Å². The first-order valence-corrected chi connectivity index (χ1v) is 7.05. The summed E-state index contributed by atoms with van der Waals surface area (Å²) in [4.78, 5) is 4.32. The molecular weight excluding hydrogens is 248 g/mol. The van der Waals surface area contributed by atoms with Crippen molar-refractivity contribution in [3.8, 4) is 5.88 Å². The molecule has 2 rings (SSSR count). The van der Waals surface area contributed by atoms with Crippen LogP contribution in [-0.4, -0.2) is 11.6 Å². The average Bonchev–Trinajstić information content (AvgIpc) is 2.38. The minimum absolute atomic E-state index is 0.344. The molecule has 0 bridgehead atoms. The molecule has 1 heterocycles. The maximum atomic E-state index is 5.97. The zero-order valence-electron chi connectivity index (χ0n) is 10.9. The fourth-order valence-corrected chi connectivity index (χ4v) is 2.78. The van der Waals surface area contributed by atoms with E-state index in [4.69, 9.17) is 22.1 Å². The number of nitrogens with zero attached hydrogens (tertiary/aromatic N) is 1. The molecule has 4 heteroatoms. The third kappa shape index (κ3) is 3.59. The molecule has 2 atom stereocenters. The lowest BCUT2D eigenvalue weighted by molar-refractivity contribution is 0.177. The summed E-state index contributed by atoms with van der Waals surface area (Å²) in [6, 6.07) is 3.61. The quantitative estimate of drug-likeness (QED) is 0.910. The average molecular weight is 269 g/mol. The minimum atomic E-state index is 0.344. The van der Waals surface area contributed by atoms with Gasteiger partial charge < -0.3 is 10.5 Å². The van der Waals surface area contributed by atoms with Gasteiger partial charge in [0.05, 0.1) is 17.3 Å². The Hall–Kier alpha value is -0.800. The molecule has 0 aliphatic heterocycles. The summed E-state index contributed by atoms with van der Waals surface area (Å²) >= 11 is 5.97. The molecule has 1 aliphatic carbocycles. The van der Waals surface area contributed by atoms with Crippen LogP contribution >= 0.6 is 11.6 Å². The Morgan fingerprint density at radius 1 is 1.44 bits per heavy atom. The molecule has 3 nitrogen and oxygen atoms in total. The summed E-state index contributed by atoms with van der Waals surface area (Å²) in [5.74, 6) is 2.12. The Labute approximate surface area is 114 Å². The topological polar surface area (TPSA) is 48.1 Å². The van der Waals surface area contributed by atoms with Crippen molar-refractivity contribution in [1.82, 2.24) is 4.98 Å². The summed E-state index contributed by atoms with van der Waals surface area (Å²) < 4.78 is 5.77. The van der Waals surface area contributed by atoms with Gasteiger partial charge in [-0.3, -0.25) is 0 Å². The van der Waals surface area contributed by atoms with Crippen molar-refractivity contribution in [1.29, 1.82) is 0 Å². The van der Waals surface area contributed by atoms with E-state index in [1.165, 1.54) is 25.7 Å². The third-order valence-electron chi connectivity index (χ3n) is 3.60. The van der Waals surface area contributed by atoms with Crippen LogP contribution in [0.15, 0.2) is 12.1 Å². The van der Waals surface area contributed by atoms with Crippen molar-refractivity contribution >= 4 is 11.6 Å². The summed E-state index contributed by atoms with van der Waals surface area (Å²) in [6.07, 6.45) is 5.20. The second-order valence-electron chi connectivity index (χ2n) is 5.23. The van der Waals surface area contributed by atoms with Crippen LogP contribution in [0, 0.1) is 11.8 Å². The van der Waals surface area contributed by atoms with E-state index in [0.717, 1.165) is 12.5 Å². The van der Waals surface area contributed by atoms with Gasteiger partial charge in [-0.1, -0.05) is 31.4 Å². The number of hydrogen-bond acceptors (Lipinski definition) is 3. The van der Waals surface area contributed by atoms with E-state index in [2.05, 4.69) is 11.9 Å². The van der Waals surface area contributed by atoms with E-state index >= 15 is 0 Å². The molecule has 100 valence electrons. The molecule has 1 aliphatic rings. The second kappa shape index (κ2) is 6.39. The highest BCUT2D eigenvalue weighted by atomic mass is 35.5. The number of rotatable bonds is 4. The lowest BCUT2D eigenvalue weighted by atomic mass is 9.83. The second-order valence-corrected chi connectivity index (χ2v) is 5.64. The lowest BCUT2D eigenvalue weighted by Gasteiger charge is -2.26. The predicted octanol–water partition coefficient (Wildman–Crippen LogP) is 3.40. The van der Waals surface area contributed by atoms with E-state index in [-0.39, 0.29) is 0 Å². The fourth-order valence-electron chi connectivity index (χ4n) is 2.60. The van der Waals surface area contributed by atoms with Crippen LogP contribution in [0.25, 0.3) is 0 Å². The molecule has 1 saturated carbocycles. The van der Waals surface area contributed by atoms with Crippen LogP contribution in [0.1, 0.15) is 38.3 Å². The number of hydrogen-bond donors (Lipinski definition) is 1. The van der Waals surface area contributed by atoms with Crippen LogP contribution in [0.3, 0.4) is 0 Å². The number of pyridine rings is 1. The molecule has 0 aromatic carbocycles. The number of halogens is 1. The van der Waals surface area contributed by atoms with Gasteiger partial charge in [0.2, 0.25) is 5.88 Å². The van der Waals surface area contributed by atoms with Crippen molar-refractivity contribution in [3.63, 3.8) is 0 Å². The van der Waals surface area contributed by atoms with Gasteiger partial charge in [0.15, 0.2) is 0 Å². The highest BCUT2D eigenvalue weighted by Gasteiger charge is 2.19. The maximum absolute atomic E-state index is 5.97. The molecular formula is C14H21ClN2O. The van der Waals surface area contributed by atoms with Crippen LogP contribution in [0.4, 0.5) is 0 Å². The molecule has 0 amide bonds.